The van der Waals surface area contributed by atoms with Crippen molar-refractivity contribution in [3.05, 3.63) is 63.1 Å². The molecule has 0 saturated carbocycles. The minimum atomic E-state index is -0.380. The van der Waals surface area contributed by atoms with Gasteiger partial charge in [-0.3, -0.25) is 4.79 Å². The summed E-state index contributed by atoms with van der Waals surface area (Å²) in [6.45, 7) is 10.0. The van der Waals surface area contributed by atoms with Crippen LogP contribution in [0.15, 0.2) is 40.2 Å². The fraction of sp³-hybridized carbons (Fsp3) is 0.381. The molecule has 1 heterocycles. The highest BCUT2D eigenvalue weighted by Crippen LogP contribution is 2.15. The zero-order chi connectivity index (χ0) is 19.1. The Balaban J connectivity index is 2.27. The van der Waals surface area contributed by atoms with Crippen LogP contribution in [0.4, 0.5) is 5.69 Å². The van der Waals surface area contributed by atoms with Crippen LogP contribution < -0.4 is 10.5 Å². The molecular weight excluding hydrogens is 324 g/mol. The minimum absolute atomic E-state index is 0.137. The highest BCUT2D eigenvalue weighted by molar-refractivity contribution is 5.80. The Bertz CT molecular complexity index is 867. The van der Waals surface area contributed by atoms with Crippen LogP contribution in [0.1, 0.15) is 49.1 Å². The number of pyridine rings is 1. The normalized spacial score (nSPS) is 10.9. The summed E-state index contributed by atoms with van der Waals surface area (Å²) >= 11 is 0. The fourth-order valence-corrected chi connectivity index (χ4v) is 2.97. The number of hydrogen-bond acceptors (Lipinski definition) is 4. The minimum Gasteiger partial charge on any atom is -0.372 e. The van der Waals surface area contributed by atoms with E-state index in [1.165, 1.54) is 10.4 Å². The summed E-state index contributed by atoms with van der Waals surface area (Å²) in [5.41, 5.74) is 3.25. The average molecular weight is 350 g/mol. The predicted molar refractivity (Wildman–Crippen MR) is 107 cm³/mol. The molecule has 0 aliphatic heterocycles. The lowest BCUT2D eigenvalue weighted by atomic mass is 10.1. The van der Waals surface area contributed by atoms with Crippen molar-refractivity contribution in [2.45, 2.75) is 40.5 Å². The first-order chi connectivity index (χ1) is 12.5. The van der Waals surface area contributed by atoms with Crippen molar-refractivity contribution in [2.75, 3.05) is 18.0 Å². The molecule has 0 fully saturated rings. The van der Waals surface area contributed by atoms with Crippen LogP contribution in [0.2, 0.25) is 0 Å². The lowest BCUT2D eigenvalue weighted by Crippen LogP contribution is -2.24. The molecule has 0 aliphatic carbocycles. The highest BCUT2D eigenvalue weighted by atomic mass is 16.1. The molecule has 0 spiro atoms. The van der Waals surface area contributed by atoms with Gasteiger partial charge in [0.15, 0.2) is 0 Å². The molecule has 0 saturated heterocycles. The molecule has 1 aromatic heterocycles. The van der Waals surface area contributed by atoms with E-state index in [9.17, 15) is 4.79 Å². The summed E-state index contributed by atoms with van der Waals surface area (Å²) < 4.78 is 1.28. The van der Waals surface area contributed by atoms with Crippen molar-refractivity contribution in [3.8, 4) is 6.07 Å². The maximum atomic E-state index is 12.4. The SMILES string of the molecule is CCCN(CCC)c1ccc(C=Nn2c(C)cc(C)c(C#N)c2=O)cc1. The molecule has 0 radical (unpaired) electrons. The van der Waals surface area contributed by atoms with E-state index < -0.39 is 0 Å². The Kier molecular flexibility index (Phi) is 6.74. The van der Waals surface area contributed by atoms with Gasteiger partial charge in [0.2, 0.25) is 0 Å². The molecule has 5 heteroatoms. The Morgan fingerprint density at radius 2 is 1.77 bits per heavy atom. The van der Waals surface area contributed by atoms with Crippen LogP contribution in [0, 0.1) is 25.2 Å². The number of rotatable bonds is 7. The number of benzene rings is 1. The van der Waals surface area contributed by atoms with Crippen molar-refractivity contribution in [2.24, 2.45) is 5.10 Å². The molecule has 0 unspecified atom stereocenters. The van der Waals surface area contributed by atoms with Gasteiger partial charge < -0.3 is 4.90 Å². The first-order valence-corrected chi connectivity index (χ1v) is 9.04. The molecule has 0 atom stereocenters. The number of aromatic nitrogens is 1. The number of nitrogens with zero attached hydrogens (tertiary/aromatic N) is 4. The summed E-state index contributed by atoms with van der Waals surface area (Å²) in [5, 5.41) is 13.4. The van der Waals surface area contributed by atoms with Gasteiger partial charge in [-0.25, -0.2) is 4.68 Å². The number of anilines is 1. The summed E-state index contributed by atoms with van der Waals surface area (Å²) in [6.07, 6.45) is 3.87. The standard InChI is InChI=1S/C21H26N4O/c1-5-11-24(12-6-2)19-9-7-18(8-10-19)15-23-25-17(4)13-16(3)20(14-22)21(25)26/h7-10,13,15H,5-6,11-12H2,1-4H3. The van der Waals surface area contributed by atoms with Gasteiger partial charge >= 0.3 is 0 Å². The highest BCUT2D eigenvalue weighted by Gasteiger charge is 2.09. The van der Waals surface area contributed by atoms with E-state index in [1.807, 2.05) is 25.1 Å². The molecule has 0 bridgehead atoms. The zero-order valence-electron chi connectivity index (χ0n) is 16.0. The van der Waals surface area contributed by atoms with E-state index in [1.54, 1.807) is 19.2 Å². The van der Waals surface area contributed by atoms with E-state index in [2.05, 4.69) is 36.0 Å². The van der Waals surface area contributed by atoms with Gasteiger partial charge in [0, 0.05) is 24.5 Å². The molecule has 0 aliphatic rings. The largest absolute Gasteiger partial charge is 0.372 e. The quantitative estimate of drug-likeness (QED) is 0.713. The van der Waals surface area contributed by atoms with Crippen molar-refractivity contribution < 1.29 is 0 Å². The molecule has 5 nitrogen and oxygen atoms in total. The third kappa shape index (κ3) is 4.40. The Labute approximate surface area is 155 Å². The van der Waals surface area contributed by atoms with Gasteiger partial charge in [0.25, 0.3) is 5.56 Å². The molecule has 136 valence electrons. The fourth-order valence-electron chi connectivity index (χ4n) is 2.97. The number of aryl methyl sites for hydroxylation is 2. The maximum Gasteiger partial charge on any atom is 0.289 e. The lowest BCUT2D eigenvalue weighted by molar-refractivity contribution is 0.745. The molecule has 0 N–H and O–H groups in total. The molecule has 26 heavy (non-hydrogen) atoms. The van der Waals surface area contributed by atoms with Crippen molar-refractivity contribution >= 4 is 11.9 Å². The van der Waals surface area contributed by atoms with Gasteiger partial charge in [-0.1, -0.05) is 26.0 Å². The summed E-state index contributed by atoms with van der Waals surface area (Å²) in [5.74, 6) is 0. The van der Waals surface area contributed by atoms with Gasteiger partial charge in [-0.2, -0.15) is 10.4 Å². The summed E-state index contributed by atoms with van der Waals surface area (Å²) in [4.78, 5) is 14.7. The van der Waals surface area contributed by atoms with Crippen molar-refractivity contribution in [3.63, 3.8) is 0 Å². The van der Waals surface area contributed by atoms with Crippen molar-refractivity contribution in [1.82, 2.24) is 4.68 Å². The second-order valence-corrected chi connectivity index (χ2v) is 6.40. The van der Waals surface area contributed by atoms with Crippen molar-refractivity contribution in [1.29, 1.82) is 5.26 Å². The third-order valence-corrected chi connectivity index (χ3v) is 4.24. The third-order valence-electron chi connectivity index (χ3n) is 4.24. The smallest absolute Gasteiger partial charge is 0.289 e. The zero-order valence-corrected chi connectivity index (χ0v) is 16.0. The maximum absolute atomic E-state index is 12.4. The van der Waals surface area contributed by atoms with Crippen LogP contribution in [0.3, 0.4) is 0 Å². The predicted octanol–water partition coefficient (Wildman–Crippen LogP) is 3.85. The summed E-state index contributed by atoms with van der Waals surface area (Å²) in [6, 6.07) is 11.9. The molecule has 0 amide bonds. The Morgan fingerprint density at radius 3 is 2.31 bits per heavy atom. The van der Waals surface area contributed by atoms with Crippen LogP contribution >= 0.6 is 0 Å². The monoisotopic (exact) mass is 350 g/mol. The second kappa shape index (κ2) is 9.00. The van der Waals surface area contributed by atoms with Gasteiger partial charge in [-0.15, -0.1) is 0 Å². The van der Waals surface area contributed by atoms with Gasteiger partial charge in [0.1, 0.15) is 11.6 Å². The van der Waals surface area contributed by atoms with E-state index in [4.69, 9.17) is 5.26 Å². The molecule has 2 rings (SSSR count). The number of nitriles is 1. The average Bonchev–Trinajstić information content (AvgIpc) is 2.62. The topological polar surface area (TPSA) is 61.4 Å². The van der Waals surface area contributed by atoms with E-state index >= 15 is 0 Å². The Hall–Kier alpha value is -2.87. The Morgan fingerprint density at radius 1 is 1.15 bits per heavy atom. The van der Waals surface area contributed by atoms with Gasteiger partial charge in [-0.05, 0) is 56.0 Å². The first kappa shape index (κ1) is 19.5. The number of hydrogen-bond donors (Lipinski definition) is 0. The van der Waals surface area contributed by atoms with Crippen LogP contribution in [0.25, 0.3) is 0 Å². The molecule has 1 aromatic carbocycles. The van der Waals surface area contributed by atoms with Crippen LogP contribution in [-0.2, 0) is 0 Å². The van der Waals surface area contributed by atoms with E-state index in [-0.39, 0.29) is 11.1 Å². The second-order valence-electron chi connectivity index (χ2n) is 6.40. The molecule has 2 aromatic rings. The lowest BCUT2D eigenvalue weighted by Gasteiger charge is -2.23. The first-order valence-electron chi connectivity index (χ1n) is 9.04. The van der Waals surface area contributed by atoms with E-state index in [0.29, 0.717) is 11.3 Å². The summed E-state index contributed by atoms with van der Waals surface area (Å²) in [7, 11) is 0. The van der Waals surface area contributed by atoms with Crippen LogP contribution in [0.5, 0.6) is 0 Å². The van der Waals surface area contributed by atoms with Gasteiger partial charge in [0.05, 0.1) is 6.21 Å². The molecular formula is C21H26N4O. The van der Waals surface area contributed by atoms with Crippen LogP contribution in [-0.4, -0.2) is 24.0 Å². The van der Waals surface area contributed by atoms with E-state index in [0.717, 1.165) is 31.5 Å².